The lowest BCUT2D eigenvalue weighted by molar-refractivity contribution is -0.129. The first-order valence-corrected chi connectivity index (χ1v) is 12.7. The summed E-state index contributed by atoms with van der Waals surface area (Å²) in [4.78, 5) is 39.9. The lowest BCUT2D eigenvalue weighted by Crippen LogP contribution is -2.61. The third-order valence-electron chi connectivity index (χ3n) is 6.97. The SMILES string of the molecule is C=CC(=O)NCC1(OC)CC(NC(=O)CNc2nc(N3CCOCC3)nc3c2ncn3-c2cnn(C(F)F)c2)C1. The number of carbonyl (C=O) groups is 2. The van der Waals surface area contributed by atoms with E-state index in [2.05, 4.69) is 42.6 Å². The number of nitrogens with one attached hydrogen (secondary N) is 3. The van der Waals surface area contributed by atoms with Crippen LogP contribution < -0.4 is 20.9 Å². The molecule has 14 nitrogen and oxygen atoms in total. The second kappa shape index (κ2) is 11.5. The third kappa shape index (κ3) is 5.72. The van der Waals surface area contributed by atoms with Crippen LogP contribution in [0.25, 0.3) is 16.9 Å². The average Bonchev–Trinajstić information content (AvgIpc) is 3.60. The molecule has 0 unspecified atom stereocenters. The summed E-state index contributed by atoms with van der Waals surface area (Å²) >= 11 is 0. The van der Waals surface area contributed by atoms with Gasteiger partial charge in [0.2, 0.25) is 17.8 Å². The Hall–Kier alpha value is -4.18. The molecule has 40 heavy (non-hydrogen) atoms. The number of anilines is 2. The quantitative estimate of drug-likeness (QED) is 0.285. The second-order valence-corrected chi connectivity index (χ2v) is 9.55. The zero-order valence-electron chi connectivity index (χ0n) is 21.8. The predicted molar refractivity (Wildman–Crippen MR) is 139 cm³/mol. The molecule has 3 aromatic heterocycles. The van der Waals surface area contributed by atoms with Crippen molar-refractivity contribution in [1.29, 1.82) is 0 Å². The summed E-state index contributed by atoms with van der Waals surface area (Å²) in [6, 6.07) is -0.116. The van der Waals surface area contributed by atoms with Crippen LogP contribution in [0.5, 0.6) is 0 Å². The van der Waals surface area contributed by atoms with E-state index in [0.29, 0.717) is 79.0 Å². The number of halogens is 2. The molecule has 5 rings (SSSR count). The van der Waals surface area contributed by atoms with Gasteiger partial charge in [-0.1, -0.05) is 6.58 Å². The van der Waals surface area contributed by atoms with Gasteiger partial charge in [0.25, 0.3) is 0 Å². The number of carbonyl (C=O) groups excluding carboxylic acids is 2. The highest BCUT2D eigenvalue weighted by Gasteiger charge is 2.45. The van der Waals surface area contributed by atoms with Crippen molar-refractivity contribution in [3.05, 3.63) is 31.4 Å². The van der Waals surface area contributed by atoms with Gasteiger partial charge >= 0.3 is 6.55 Å². The summed E-state index contributed by atoms with van der Waals surface area (Å²) in [6.45, 7) is 3.04. The molecule has 0 atom stereocenters. The van der Waals surface area contributed by atoms with Crippen molar-refractivity contribution in [2.45, 2.75) is 31.0 Å². The molecular weight excluding hydrogens is 530 g/mol. The molecule has 1 saturated heterocycles. The largest absolute Gasteiger partial charge is 0.378 e. The van der Waals surface area contributed by atoms with E-state index >= 15 is 0 Å². The van der Waals surface area contributed by atoms with Crippen LogP contribution in [0.1, 0.15) is 19.4 Å². The van der Waals surface area contributed by atoms with E-state index in [-0.39, 0.29) is 24.4 Å². The van der Waals surface area contributed by atoms with Crippen molar-refractivity contribution >= 4 is 34.7 Å². The van der Waals surface area contributed by atoms with Crippen LogP contribution in [0.4, 0.5) is 20.5 Å². The molecule has 2 aliphatic rings. The number of rotatable bonds is 11. The molecule has 0 radical (unpaired) electrons. The Kier molecular flexibility index (Phi) is 7.88. The van der Waals surface area contributed by atoms with Gasteiger partial charge in [0.05, 0.1) is 43.4 Å². The Bertz CT molecular complexity index is 1380. The Balaban J connectivity index is 1.30. The van der Waals surface area contributed by atoms with Crippen molar-refractivity contribution in [3.8, 4) is 5.69 Å². The number of methoxy groups -OCH3 is 1. The van der Waals surface area contributed by atoms with Crippen LogP contribution in [0.2, 0.25) is 0 Å². The molecular formula is C24H30F2N10O4. The molecule has 4 heterocycles. The van der Waals surface area contributed by atoms with E-state index < -0.39 is 12.2 Å². The van der Waals surface area contributed by atoms with Gasteiger partial charge in [-0.25, -0.2) is 9.67 Å². The highest BCUT2D eigenvalue weighted by Crippen LogP contribution is 2.35. The van der Waals surface area contributed by atoms with E-state index in [0.717, 1.165) is 0 Å². The zero-order chi connectivity index (χ0) is 28.3. The van der Waals surface area contributed by atoms with Gasteiger partial charge in [-0.2, -0.15) is 23.8 Å². The minimum Gasteiger partial charge on any atom is -0.378 e. The fourth-order valence-electron chi connectivity index (χ4n) is 4.75. The molecule has 0 spiro atoms. The first-order valence-electron chi connectivity index (χ1n) is 12.7. The number of amides is 2. The molecule has 2 amide bonds. The first kappa shape index (κ1) is 27.4. The number of hydrogen-bond acceptors (Lipinski definition) is 10. The summed E-state index contributed by atoms with van der Waals surface area (Å²) in [6.07, 6.45) is 6.23. The van der Waals surface area contributed by atoms with Crippen molar-refractivity contribution < 1.29 is 27.8 Å². The minimum atomic E-state index is -2.78. The fourth-order valence-corrected chi connectivity index (χ4v) is 4.75. The zero-order valence-corrected chi connectivity index (χ0v) is 21.8. The van der Waals surface area contributed by atoms with E-state index in [4.69, 9.17) is 9.47 Å². The van der Waals surface area contributed by atoms with Gasteiger partial charge in [0.1, 0.15) is 6.33 Å². The van der Waals surface area contributed by atoms with Gasteiger partial charge in [0, 0.05) is 32.8 Å². The van der Waals surface area contributed by atoms with Gasteiger partial charge in [0.15, 0.2) is 17.0 Å². The summed E-state index contributed by atoms with van der Waals surface area (Å²) in [5, 5.41) is 12.4. The number of fused-ring (bicyclic) bond motifs is 1. The Morgan fingerprint density at radius 3 is 2.75 bits per heavy atom. The lowest BCUT2D eigenvalue weighted by Gasteiger charge is -2.46. The van der Waals surface area contributed by atoms with Gasteiger partial charge < -0.3 is 30.3 Å². The molecule has 0 aromatic carbocycles. The van der Waals surface area contributed by atoms with Gasteiger partial charge in [-0.3, -0.25) is 14.2 Å². The minimum absolute atomic E-state index is 0.0888. The molecule has 1 saturated carbocycles. The third-order valence-corrected chi connectivity index (χ3v) is 6.97. The normalized spacial score (nSPS) is 20.8. The molecule has 3 N–H and O–H groups in total. The van der Waals surface area contributed by atoms with Crippen LogP contribution in [0.15, 0.2) is 31.4 Å². The number of ether oxygens (including phenoxy) is 2. The highest BCUT2D eigenvalue weighted by molar-refractivity contribution is 5.89. The van der Waals surface area contributed by atoms with Crippen LogP contribution in [0, 0.1) is 0 Å². The summed E-state index contributed by atoms with van der Waals surface area (Å²) in [5.74, 6) is 0.175. The Morgan fingerprint density at radius 2 is 2.08 bits per heavy atom. The molecule has 1 aliphatic heterocycles. The maximum absolute atomic E-state index is 13.1. The number of aromatic nitrogens is 6. The molecule has 2 fully saturated rings. The Morgan fingerprint density at radius 1 is 1.30 bits per heavy atom. The number of nitrogens with zero attached hydrogens (tertiary/aromatic N) is 7. The van der Waals surface area contributed by atoms with Crippen LogP contribution >= 0.6 is 0 Å². The standard InChI is InChI=1S/C24H30F2N10O4/c1-3-17(37)28-13-24(39-2)8-15(9-24)31-18(38)11-27-20-19-21(33-23(32-20)34-4-6-40-7-5-34)35(14-29-19)16-10-30-36(12-16)22(25)26/h3,10,12,14-15,22H,1,4-9,11,13H2,2H3,(H,28,37)(H,31,38)(H,27,32,33). The number of morpholine rings is 1. The summed E-state index contributed by atoms with van der Waals surface area (Å²) < 4.78 is 39.3. The van der Waals surface area contributed by atoms with Crippen molar-refractivity contribution in [3.63, 3.8) is 0 Å². The highest BCUT2D eigenvalue weighted by atomic mass is 19.3. The van der Waals surface area contributed by atoms with Crippen LogP contribution in [0.3, 0.4) is 0 Å². The second-order valence-electron chi connectivity index (χ2n) is 9.55. The maximum atomic E-state index is 13.1. The number of alkyl halides is 2. The van der Waals surface area contributed by atoms with E-state index in [1.165, 1.54) is 24.8 Å². The molecule has 214 valence electrons. The molecule has 3 aromatic rings. The summed E-state index contributed by atoms with van der Waals surface area (Å²) in [7, 11) is 1.57. The van der Waals surface area contributed by atoms with Crippen LogP contribution in [-0.2, 0) is 19.1 Å². The van der Waals surface area contributed by atoms with Gasteiger partial charge in [-0.05, 0) is 18.9 Å². The fraction of sp³-hybridized carbons (Fsp3) is 0.500. The van der Waals surface area contributed by atoms with Crippen molar-refractivity contribution in [1.82, 2.24) is 39.9 Å². The lowest BCUT2D eigenvalue weighted by atomic mass is 9.75. The van der Waals surface area contributed by atoms with Crippen molar-refractivity contribution in [2.24, 2.45) is 0 Å². The molecule has 1 aliphatic carbocycles. The Labute approximate surface area is 227 Å². The smallest absolute Gasteiger partial charge is 0.333 e. The summed E-state index contributed by atoms with van der Waals surface area (Å²) in [5.41, 5.74) is 0.559. The molecule has 16 heteroatoms. The molecule has 0 bridgehead atoms. The predicted octanol–water partition coefficient (Wildman–Crippen LogP) is 0.622. The van der Waals surface area contributed by atoms with E-state index in [1.807, 2.05) is 4.90 Å². The van der Waals surface area contributed by atoms with Gasteiger partial charge in [-0.15, -0.1) is 0 Å². The van der Waals surface area contributed by atoms with E-state index in [1.54, 1.807) is 11.7 Å². The van der Waals surface area contributed by atoms with E-state index in [9.17, 15) is 18.4 Å². The first-order chi connectivity index (χ1) is 19.3. The monoisotopic (exact) mass is 560 g/mol. The number of imidazole rings is 1. The average molecular weight is 561 g/mol. The van der Waals surface area contributed by atoms with Crippen molar-refractivity contribution in [2.75, 3.05) is 56.7 Å². The topological polar surface area (TPSA) is 153 Å². The maximum Gasteiger partial charge on any atom is 0.333 e. The van der Waals surface area contributed by atoms with Crippen LogP contribution in [-0.4, -0.2) is 99.3 Å². The number of hydrogen-bond donors (Lipinski definition) is 3.